The van der Waals surface area contributed by atoms with Crippen LogP contribution in [-0.4, -0.2) is 41.2 Å². The first-order valence-electron chi connectivity index (χ1n) is 9.66. The van der Waals surface area contributed by atoms with E-state index in [0.717, 1.165) is 54.8 Å². The van der Waals surface area contributed by atoms with E-state index >= 15 is 0 Å². The van der Waals surface area contributed by atoms with Gasteiger partial charge in [-0.25, -0.2) is 4.98 Å². The Morgan fingerprint density at radius 2 is 1.93 bits per heavy atom. The number of benzene rings is 1. The van der Waals surface area contributed by atoms with Gasteiger partial charge in [-0.1, -0.05) is 18.1 Å². The summed E-state index contributed by atoms with van der Waals surface area (Å²) in [5.74, 6) is 7.03. The van der Waals surface area contributed by atoms with E-state index in [1.165, 1.54) is 5.56 Å². The van der Waals surface area contributed by atoms with E-state index in [0.29, 0.717) is 12.3 Å². The van der Waals surface area contributed by atoms with Crippen molar-refractivity contribution in [3.63, 3.8) is 0 Å². The summed E-state index contributed by atoms with van der Waals surface area (Å²) in [7, 11) is 0. The average Bonchev–Trinajstić information content (AvgIpc) is 3.15. The predicted octanol–water partition coefficient (Wildman–Crippen LogP) is 4.50. The number of nitrogens with one attached hydrogen (secondary N) is 1. The third-order valence-corrected chi connectivity index (χ3v) is 5.31. The zero-order valence-electron chi connectivity index (χ0n) is 15.4. The summed E-state index contributed by atoms with van der Waals surface area (Å²) in [4.78, 5) is 9.91. The highest BCUT2D eigenvalue weighted by Crippen LogP contribution is 2.28. The fourth-order valence-corrected chi connectivity index (χ4v) is 3.78. The minimum atomic E-state index is -0.211. The molecule has 0 atom stereocenters. The Labute approximate surface area is 159 Å². The van der Waals surface area contributed by atoms with Crippen LogP contribution >= 0.6 is 0 Å². The van der Waals surface area contributed by atoms with E-state index in [1.807, 2.05) is 18.2 Å². The molecule has 1 aliphatic rings. The van der Waals surface area contributed by atoms with E-state index in [9.17, 15) is 4.39 Å². The lowest BCUT2D eigenvalue weighted by Gasteiger charge is -2.32. The van der Waals surface area contributed by atoms with E-state index in [2.05, 4.69) is 51.0 Å². The van der Waals surface area contributed by atoms with Gasteiger partial charge in [0.1, 0.15) is 5.65 Å². The molecule has 2 aromatic heterocycles. The Bertz CT molecular complexity index is 908. The van der Waals surface area contributed by atoms with Crippen molar-refractivity contribution in [2.75, 3.05) is 26.3 Å². The third-order valence-electron chi connectivity index (χ3n) is 5.31. The van der Waals surface area contributed by atoms with Crippen molar-refractivity contribution in [1.29, 1.82) is 0 Å². The average molecular weight is 361 g/mol. The molecule has 0 aliphatic carbocycles. The molecule has 1 saturated heterocycles. The number of piperidine rings is 1. The van der Waals surface area contributed by atoms with Crippen molar-refractivity contribution in [1.82, 2.24) is 14.9 Å². The summed E-state index contributed by atoms with van der Waals surface area (Å²) in [6.07, 6.45) is 4.74. The van der Waals surface area contributed by atoms with Crippen LogP contribution in [0.1, 0.15) is 42.0 Å². The summed E-state index contributed by atoms with van der Waals surface area (Å²) in [5.41, 5.74) is 4.16. The van der Waals surface area contributed by atoms with E-state index < -0.39 is 0 Å². The smallest absolute Gasteiger partial charge is 0.138 e. The number of aromatic amines is 1. The second-order valence-corrected chi connectivity index (χ2v) is 7.15. The lowest BCUT2D eigenvalue weighted by molar-refractivity contribution is 0.204. The molecule has 1 N–H and O–H groups in total. The van der Waals surface area contributed by atoms with Gasteiger partial charge in [-0.2, -0.15) is 0 Å². The number of halogens is 1. The standard InChI is InChI=1S/C23H24FN3/c24-12-2-14-27-15-10-20(11-16-27)19-7-4-18(5-8-19)6-9-22-17-21-3-1-13-25-23(21)26-22/h1,3-5,7-8,13,17,20H,2,10-12,14-16H2,(H,25,26). The molecule has 1 fully saturated rings. The second kappa shape index (κ2) is 8.37. The van der Waals surface area contributed by atoms with Crippen molar-refractivity contribution in [2.24, 2.45) is 0 Å². The SMILES string of the molecule is FCCCN1CCC(c2ccc(C#Cc3cc4cccnc4[nH]3)cc2)CC1. The number of likely N-dealkylation sites (tertiary alicyclic amines) is 1. The lowest BCUT2D eigenvalue weighted by Crippen LogP contribution is -2.33. The maximum absolute atomic E-state index is 12.3. The molecule has 0 saturated carbocycles. The predicted molar refractivity (Wildman–Crippen MR) is 108 cm³/mol. The molecule has 138 valence electrons. The fourth-order valence-electron chi connectivity index (χ4n) is 3.78. The Morgan fingerprint density at radius 3 is 2.67 bits per heavy atom. The second-order valence-electron chi connectivity index (χ2n) is 7.15. The van der Waals surface area contributed by atoms with Crippen LogP contribution in [0.15, 0.2) is 48.7 Å². The molecule has 3 nitrogen and oxygen atoms in total. The van der Waals surface area contributed by atoms with Crippen LogP contribution in [0.25, 0.3) is 11.0 Å². The number of rotatable bonds is 4. The normalized spacial score (nSPS) is 15.6. The van der Waals surface area contributed by atoms with E-state index in [1.54, 1.807) is 6.20 Å². The third kappa shape index (κ3) is 4.37. The molecule has 27 heavy (non-hydrogen) atoms. The summed E-state index contributed by atoms with van der Waals surface area (Å²) in [6.45, 7) is 2.82. The zero-order chi connectivity index (χ0) is 18.5. The van der Waals surface area contributed by atoms with Crippen molar-refractivity contribution < 1.29 is 4.39 Å². The van der Waals surface area contributed by atoms with Crippen LogP contribution < -0.4 is 0 Å². The number of pyridine rings is 1. The summed E-state index contributed by atoms with van der Waals surface area (Å²) < 4.78 is 12.3. The van der Waals surface area contributed by atoms with Gasteiger partial charge in [-0.15, -0.1) is 0 Å². The van der Waals surface area contributed by atoms with Gasteiger partial charge >= 0.3 is 0 Å². The van der Waals surface area contributed by atoms with Crippen LogP contribution in [0.3, 0.4) is 0 Å². The molecular formula is C23H24FN3. The van der Waals surface area contributed by atoms with Gasteiger partial charge in [0.05, 0.1) is 12.4 Å². The van der Waals surface area contributed by atoms with Crippen LogP contribution in [0.2, 0.25) is 0 Å². The highest BCUT2D eigenvalue weighted by Gasteiger charge is 2.20. The first kappa shape index (κ1) is 17.8. The highest BCUT2D eigenvalue weighted by atomic mass is 19.1. The molecule has 0 spiro atoms. The molecule has 3 heterocycles. The minimum Gasteiger partial charge on any atom is -0.333 e. The van der Waals surface area contributed by atoms with Crippen LogP contribution in [0, 0.1) is 11.8 Å². The Balaban J connectivity index is 1.38. The first-order valence-corrected chi connectivity index (χ1v) is 9.66. The van der Waals surface area contributed by atoms with Crippen molar-refractivity contribution in [3.05, 3.63) is 65.5 Å². The van der Waals surface area contributed by atoms with E-state index in [4.69, 9.17) is 0 Å². The molecule has 1 aliphatic heterocycles. The molecule has 0 amide bonds. The largest absolute Gasteiger partial charge is 0.333 e. The topological polar surface area (TPSA) is 31.9 Å². The molecule has 0 radical (unpaired) electrons. The van der Waals surface area contributed by atoms with Gasteiger partial charge in [-0.3, -0.25) is 4.39 Å². The van der Waals surface area contributed by atoms with Gasteiger partial charge in [-0.05, 0) is 80.1 Å². The highest BCUT2D eigenvalue weighted by molar-refractivity contribution is 5.77. The van der Waals surface area contributed by atoms with Crippen LogP contribution in [0.4, 0.5) is 4.39 Å². The maximum Gasteiger partial charge on any atom is 0.138 e. The van der Waals surface area contributed by atoms with Gasteiger partial charge in [0.15, 0.2) is 0 Å². The monoisotopic (exact) mass is 361 g/mol. The summed E-state index contributed by atoms with van der Waals surface area (Å²) >= 11 is 0. The number of nitrogens with zero attached hydrogens (tertiary/aromatic N) is 2. The number of H-pyrrole nitrogens is 1. The summed E-state index contributed by atoms with van der Waals surface area (Å²) in [5, 5.41) is 1.08. The van der Waals surface area contributed by atoms with Crippen molar-refractivity contribution >= 4 is 11.0 Å². The molecule has 3 aromatic rings. The van der Waals surface area contributed by atoms with Gasteiger partial charge < -0.3 is 9.88 Å². The molecule has 4 heteroatoms. The first-order chi connectivity index (χ1) is 13.3. The molecule has 0 bridgehead atoms. The number of alkyl halides is 1. The zero-order valence-corrected chi connectivity index (χ0v) is 15.4. The van der Waals surface area contributed by atoms with Gasteiger partial charge in [0.25, 0.3) is 0 Å². The molecular weight excluding hydrogens is 337 g/mol. The maximum atomic E-state index is 12.3. The molecule has 1 aromatic carbocycles. The van der Waals surface area contributed by atoms with Crippen LogP contribution in [-0.2, 0) is 0 Å². The summed E-state index contributed by atoms with van der Waals surface area (Å²) in [6, 6.07) is 14.6. The number of aromatic nitrogens is 2. The Kier molecular flexibility index (Phi) is 5.50. The van der Waals surface area contributed by atoms with Crippen molar-refractivity contribution in [3.8, 4) is 11.8 Å². The number of fused-ring (bicyclic) bond motifs is 1. The van der Waals surface area contributed by atoms with Crippen molar-refractivity contribution in [2.45, 2.75) is 25.2 Å². The quantitative estimate of drug-likeness (QED) is 0.694. The van der Waals surface area contributed by atoms with Gasteiger partial charge in [0, 0.05) is 23.7 Å². The molecule has 0 unspecified atom stereocenters. The number of hydrogen-bond acceptors (Lipinski definition) is 2. The molecule has 4 rings (SSSR count). The minimum absolute atomic E-state index is 0.211. The van der Waals surface area contributed by atoms with E-state index in [-0.39, 0.29) is 6.67 Å². The lowest BCUT2D eigenvalue weighted by atomic mass is 9.89. The number of hydrogen-bond donors (Lipinski definition) is 1. The van der Waals surface area contributed by atoms with Crippen LogP contribution in [0.5, 0.6) is 0 Å². The fraction of sp³-hybridized carbons (Fsp3) is 0.348. The Hall–Kier alpha value is -2.64. The van der Waals surface area contributed by atoms with Gasteiger partial charge in [0.2, 0.25) is 0 Å². The Morgan fingerprint density at radius 1 is 1.11 bits per heavy atom.